The fraction of sp³-hybridized carbons (Fsp3) is 0.429. The highest BCUT2D eigenvalue weighted by atomic mass is 19.1. The molecule has 0 aliphatic rings. The number of carbonyl (C=O) groups excluding carboxylic acids is 2. The van der Waals surface area contributed by atoms with E-state index in [1.807, 2.05) is 20.8 Å². The van der Waals surface area contributed by atoms with Gasteiger partial charge in [-0.2, -0.15) is 0 Å². The Bertz CT molecular complexity index is 480. The fourth-order valence-electron chi connectivity index (χ4n) is 1.41. The Balaban J connectivity index is 2.44. The summed E-state index contributed by atoms with van der Waals surface area (Å²) in [5.74, 6) is -1.16. The van der Waals surface area contributed by atoms with Gasteiger partial charge in [-0.05, 0) is 29.7 Å². The van der Waals surface area contributed by atoms with E-state index in [1.54, 1.807) is 0 Å². The van der Waals surface area contributed by atoms with Crippen molar-refractivity contribution in [2.75, 3.05) is 11.9 Å². The van der Waals surface area contributed by atoms with Crippen LogP contribution in [0.15, 0.2) is 24.3 Å². The van der Waals surface area contributed by atoms with Crippen molar-refractivity contribution in [1.82, 2.24) is 5.32 Å². The number of rotatable bonds is 4. The summed E-state index contributed by atoms with van der Waals surface area (Å²) in [4.78, 5) is 23.3. The predicted molar refractivity (Wildman–Crippen MR) is 75.5 cm³/mol. The van der Waals surface area contributed by atoms with Crippen molar-refractivity contribution < 1.29 is 14.0 Å². The second kappa shape index (κ2) is 6.47. The van der Waals surface area contributed by atoms with Crippen LogP contribution in [0.1, 0.15) is 20.8 Å². The van der Waals surface area contributed by atoms with Crippen LogP contribution in [0.3, 0.4) is 0 Å². The molecule has 1 rings (SSSR count). The summed E-state index contributed by atoms with van der Waals surface area (Å²) in [5.41, 5.74) is 5.85. The molecule has 1 aromatic rings. The van der Waals surface area contributed by atoms with E-state index < -0.39 is 11.9 Å². The first-order valence-electron chi connectivity index (χ1n) is 6.29. The van der Waals surface area contributed by atoms with Gasteiger partial charge < -0.3 is 16.4 Å². The number of hydrogen-bond acceptors (Lipinski definition) is 3. The third-order valence-electron chi connectivity index (χ3n) is 2.77. The summed E-state index contributed by atoms with van der Waals surface area (Å²) < 4.78 is 12.7. The van der Waals surface area contributed by atoms with Crippen molar-refractivity contribution in [3.63, 3.8) is 0 Å². The normalized spacial score (nSPS) is 12.7. The summed E-state index contributed by atoms with van der Waals surface area (Å²) in [6.07, 6.45) is 0. The summed E-state index contributed by atoms with van der Waals surface area (Å²) in [7, 11) is 0. The SMILES string of the molecule is CC(C)(C)[C@H](N)C(=O)NCC(=O)Nc1ccc(F)cc1. The molecular formula is C14H20FN3O2. The van der Waals surface area contributed by atoms with E-state index >= 15 is 0 Å². The van der Waals surface area contributed by atoms with Gasteiger partial charge in [-0.25, -0.2) is 4.39 Å². The van der Waals surface area contributed by atoms with Crippen LogP contribution in [-0.2, 0) is 9.59 Å². The average Bonchev–Trinajstić information content (AvgIpc) is 2.36. The van der Waals surface area contributed by atoms with Crippen LogP contribution >= 0.6 is 0 Å². The summed E-state index contributed by atoms with van der Waals surface area (Å²) >= 11 is 0. The molecule has 2 amide bonds. The highest BCUT2D eigenvalue weighted by Crippen LogP contribution is 2.17. The van der Waals surface area contributed by atoms with Crippen LogP contribution in [0.4, 0.5) is 10.1 Å². The fourth-order valence-corrected chi connectivity index (χ4v) is 1.41. The number of hydrogen-bond donors (Lipinski definition) is 3. The number of amides is 2. The van der Waals surface area contributed by atoms with E-state index in [4.69, 9.17) is 5.73 Å². The molecule has 0 bridgehead atoms. The van der Waals surface area contributed by atoms with Gasteiger partial charge in [0, 0.05) is 5.69 Å². The number of benzene rings is 1. The van der Waals surface area contributed by atoms with Gasteiger partial charge in [0.25, 0.3) is 0 Å². The molecule has 0 aromatic heterocycles. The topological polar surface area (TPSA) is 84.2 Å². The lowest BCUT2D eigenvalue weighted by atomic mass is 9.87. The highest BCUT2D eigenvalue weighted by molar-refractivity contribution is 5.95. The van der Waals surface area contributed by atoms with Gasteiger partial charge in [0.05, 0.1) is 12.6 Å². The van der Waals surface area contributed by atoms with Crippen molar-refractivity contribution in [1.29, 1.82) is 0 Å². The maximum absolute atomic E-state index is 12.7. The first kappa shape index (κ1) is 16.1. The van der Waals surface area contributed by atoms with E-state index in [-0.39, 0.29) is 23.7 Å². The van der Waals surface area contributed by atoms with Gasteiger partial charge in [-0.15, -0.1) is 0 Å². The Hall–Kier alpha value is -1.95. The molecule has 110 valence electrons. The molecule has 0 unspecified atom stereocenters. The zero-order chi connectivity index (χ0) is 15.3. The second-order valence-electron chi connectivity index (χ2n) is 5.62. The smallest absolute Gasteiger partial charge is 0.243 e. The molecule has 20 heavy (non-hydrogen) atoms. The highest BCUT2D eigenvalue weighted by Gasteiger charge is 2.27. The molecular weight excluding hydrogens is 261 g/mol. The number of nitrogens with two attached hydrogens (primary N) is 1. The molecule has 0 spiro atoms. The number of anilines is 1. The second-order valence-corrected chi connectivity index (χ2v) is 5.62. The molecule has 0 aliphatic heterocycles. The Morgan fingerprint density at radius 3 is 2.30 bits per heavy atom. The van der Waals surface area contributed by atoms with Crippen LogP contribution in [0.25, 0.3) is 0 Å². The number of halogens is 1. The van der Waals surface area contributed by atoms with E-state index in [9.17, 15) is 14.0 Å². The zero-order valence-corrected chi connectivity index (χ0v) is 11.9. The molecule has 0 aliphatic carbocycles. The molecule has 5 nitrogen and oxygen atoms in total. The van der Waals surface area contributed by atoms with Crippen molar-refractivity contribution in [2.24, 2.45) is 11.1 Å². The van der Waals surface area contributed by atoms with Gasteiger partial charge in [0.2, 0.25) is 11.8 Å². The van der Waals surface area contributed by atoms with E-state index in [2.05, 4.69) is 10.6 Å². The predicted octanol–water partition coefficient (Wildman–Crippen LogP) is 1.25. The molecule has 6 heteroatoms. The lowest BCUT2D eigenvalue weighted by Crippen LogP contribution is -2.50. The monoisotopic (exact) mass is 281 g/mol. The van der Waals surface area contributed by atoms with Gasteiger partial charge in [0.1, 0.15) is 5.82 Å². The van der Waals surface area contributed by atoms with Crippen LogP contribution < -0.4 is 16.4 Å². The minimum Gasteiger partial charge on any atom is -0.346 e. The average molecular weight is 281 g/mol. The summed E-state index contributed by atoms with van der Waals surface area (Å²) in [6, 6.07) is 4.67. The first-order chi connectivity index (χ1) is 9.20. The molecule has 1 aromatic carbocycles. The standard InChI is InChI=1S/C14H20FN3O2/c1-14(2,3)12(16)13(20)17-8-11(19)18-10-6-4-9(15)5-7-10/h4-7,12H,8,16H2,1-3H3,(H,17,20)(H,18,19)/t12-/m1/s1. The van der Waals surface area contributed by atoms with Gasteiger partial charge in [0.15, 0.2) is 0 Å². The Labute approximate surface area is 117 Å². The van der Waals surface area contributed by atoms with E-state index in [1.165, 1.54) is 24.3 Å². The number of carbonyl (C=O) groups is 2. The Morgan fingerprint density at radius 2 is 1.80 bits per heavy atom. The van der Waals surface area contributed by atoms with Gasteiger partial charge in [-0.1, -0.05) is 20.8 Å². The minimum atomic E-state index is -0.693. The Kier molecular flexibility index (Phi) is 5.21. The molecule has 0 radical (unpaired) electrons. The molecule has 0 saturated heterocycles. The van der Waals surface area contributed by atoms with Crippen molar-refractivity contribution in [2.45, 2.75) is 26.8 Å². The third kappa shape index (κ3) is 4.97. The molecule has 1 atom stereocenters. The van der Waals surface area contributed by atoms with Gasteiger partial charge >= 0.3 is 0 Å². The molecule has 0 fully saturated rings. The van der Waals surface area contributed by atoms with Crippen LogP contribution in [-0.4, -0.2) is 24.4 Å². The van der Waals surface area contributed by atoms with E-state index in [0.717, 1.165) is 0 Å². The maximum Gasteiger partial charge on any atom is 0.243 e. The maximum atomic E-state index is 12.7. The third-order valence-corrected chi connectivity index (χ3v) is 2.77. The van der Waals surface area contributed by atoms with E-state index in [0.29, 0.717) is 5.69 Å². The largest absolute Gasteiger partial charge is 0.346 e. The lowest BCUT2D eigenvalue weighted by Gasteiger charge is -2.25. The first-order valence-corrected chi connectivity index (χ1v) is 6.29. The summed E-state index contributed by atoms with van der Waals surface area (Å²) in [6.45, 7) is 5.35. The molecule has 4 N–H and O–H groups in total. The molecule has 0 saturated carbocycles. The number of nitrogens with one attached hydrogen (secondary N) is 2. The Morgan fingerprint density at radius 1 is 1.25 bits per heavy atom. The lowest BCUT2D eigenvalue weighted by molar-refractivity contribution is -0.126. The molecule has 0 heterocycles. The van der Waals surface area contributed by atoms with Crippen molar-refractivity contribution >= 4 is 17.5 Å². The van der Waals surface area contributed by atoms with Crippen LogP contribution in [0.5, 0.6) is 0 Å². The van der Waals surface area contributed by atoms with Gasteiger partial charge in [-0.3, -0.25) is 9.59 Å². The summed E-state index contributed by atoms with van der Waals surface area (Å²) in [5, 5.41) is 5.01. The zero-order valence-electron chi connectivity index (χ0n) is 11.9. The van der Waals surface area contributed by atoms with Crippen LogP contribution in [0.2, 0.25) is 0 Å². The van der Waals surface area contributed by atoms with Crippen LogP contribution in [0, 0.1) is 11.2 Å². The van der Waals surface area contributed by atoms with Crippen molar-refractivity contribution in [3.8, 4) is 0 Å². The van der Waals surface area contributed by atoms with Crippen molar-refractivity contribution in [3.05, 3.63) is 30.1 Å². The quantitative estimate of drug-likeness (QED) is 0.776. The minimum absolute atomic E-state index is 0.181.